The number of imidazole rings is 2. The average molecular weight is 657 g/mol. The van der Waals surface area contributed by atoms with Gasteiger partial charge in [-0.15, -0.1) is 0 Å². The van der Waals surface area contributed by atoms with Crippen LogP contribution in [0.5, 0.6) is 0 Å². The summed E-state index contributed by atoms with van der Waals surface area (Å²) in [5, 5.41) is 46.8. The summed E-state index contributed by atoms with van der Waals surface area (Å²) in [7, 11) is 0. The van der Waals surface area contributed by atoms with Crippen LogP contribution in [0.1, 0.15) is 37.1 Å². The summed E-state index contributed by atoms with van der Waals surface area (Å²) in [5.74, 6) is -13.5. The Morgan fingerprint density at radius 2 is 1.48 bits per heavy atom. The topological polar surface area (TPSA) is 364 Å². The fraction of sp³-hybridized carbons (Fsp3) is 0.417. The van der Waals surface area contributed by atoms with Gasteiger partial charge in [0.1, 0.15) is 18.4 Å². The molecule has 0 aliphatic carbocycles. The highest BCUT2D eigenvalue weighted by atomic mass is 16.7. The summed E-state index contributed by atoms with van der Waals surface area (Å²) >= 11 is 0. The zero-order chi connectivity index (χ0) is 34.8. The molecule has 10 N–H and O–H groups in total. The SMILES string of the molecule is N[C@@H](Cc1cnc[nH]1)C(=O)OC(=O)CC(CC(=O)O)(OC(=O)[C@@H](N)Cc1cn(OC(=O)CC(O)(CC(=O)O)C(=O)O)cn1)C(=O)O. The van der Waals surface area contributed by atoms with Crippen molar-refractivity contribution in [1.82, 2.24) is 19.7 Å². The van der Waals surface area contributed by atoms with Gasteiger partial charge in [-0.05, 0) is 0 Å². The van der Waals surface area contributed by atoms with Crippen LogP contribution >= 0.6 is 0 Å². The molecule has 22 nitrogen and oxygen atoms in total. The van der Waals surface area contributed by atoms with Gasteiger partial charge in [0.05, 0.1) is 43.9 Å². The third-order valence-electron chi connectivity index (χ3n) is 5.90. The Morgan fingerprint density at radius 3 is 2.02 bits per heavy atom. The fourth-order valence-corrected chi connectivity index (χ4v) is 3.68. The first-order valence-electron chi connectivity index (χ1n) is 12.7. The Labute approximate surface area is 255 Å². The maximum Gasteiger partial charge on any atom is 0.349 e. The third-order valence-corrected chi connectivity index (χ3v) is 5.90. The summed E-state index contributed by atoms with van der Waals surface area (Å²) in [4.78, 5) is 110. The maximum atomic E-state index is 12.7. The number of nitrogens with one attached hydrogen (secondary N) is 1. The van der Waals surface area contributed by atoms with Crippen molar-refractivity contribution in [3.8, 4) is 0 Å². The molecule has 0 amide bonds. The van der Waals surface area contributed by atoms with Crippen molar-refractivity contribution in [2.45, 2.75) is 61.8 Å². The number of nitrogens with zero attached hydrogens (tertiary/aromatic N) is 3. The van der Waals surface area contributed by atoms with E-state index in [9.17, 15) is 53.7 Å². The Balaban J connectivity index is 2.08. The molecule has 2 aromatic rings. The van der Waals surface area contributed by atoms with Gasteiger partial charge in [0, 0.05) is 24.7 Å². The molecular formula is C24H28N6O16. The highest BCUT2D eigenvalue weighted by Crippen LogP contribution is 2.24. The molecule has 0 spiro atoms. The number of aliphatic carboxylic acids is 4. The molecule has 0 radical (unpaired) electrons. The van der Waals surface area contributed by atoms with Crippen molar-refractivity contribution in [3.05, 3.63) is 36.4 Å². The Morgan fingerprint density at radius 1 is 0.848 bits per heavy atom. The van der Waals surface area contributed by atoms with Gasteiger partial charge in [-0.1, -0.05) is 0 Å². The number of aromatic amines is 1. The molecule has 0 saturated carbocycles. The average Bonchev–Trinajstić information content (AvgIpc) is 3.59. The lowest BCUT2D eigenvalue weighted by Gasteiger charge is -2.28. The Hall–Kier alpha value is -5.74. The number of rotatable bonds is 18. The van der Waals surface area contributed by atoms with Crippen LogP contribution in [0, 0.1) is 0 Å². The minimum Gasteiger partial charge on any atom is -0.481 e. The van der Waals surface area contributed by atoms with E-state index >= 15 is 0 Å². The van der Waals surface area contributed by atoms with E-state index in [-0.39, 0.29) is 12.1 Å². The zero-order valence-electron chi connectivity index (χ0n) is 23.4. The number of esters is 3. The number of carbonyl (C=O) groups excluding carboxylic acids is 4. The van der Waals surface area contributed by atoms with Crippen molar-refractivity contribution >= 4 is 47.8 Å². The molecule has 0 fully saturated rings. The standard InChI is InChI=1S/C24H28N6O16/c25-13(1-11-7-27-9-28-11)19(37)44-17(35)6-24(22(41)42,4-16(33)34)45-20(38)14(26)2-12-8-30(10-29-12)46-18(36)5-23(43,21(39)40)3-15(31)32/h7-10,13-14,43H,1-6,25-26H2,(H,27,28)(H,31,32)(H,33,34)(H,39,40)(H,41,42)/t13-,14-,23?,24?/m0/s1. The van der Waals surface area contributed by atoms with Crippen molar-refractivity contribution in [2.75, 3.05) is 0 Å². The summed E-state index contributed by atoms with van der Waals surface area (Å²) < 4.78 is 10.00. The smallest absolute Gasteiger partial charge is 0.349 e. The van der Waals surface area contributed by atoms with E-state index in [2.05, 4.69) is 19.7 Å². The minimum atomic E-state index is -3.09. The fourth-order valence-electron chi connectivity index (χ4n) is 3.68. The van der Waals surface area contributed by atoms with E-state index in [1.807, 2.05) is 0 Å². The molecule has 250 valence electrons. The second-order valence-electron chi connectivity index (χ2n) is 9.73. The van der Waals surface area contributed by atoms with Crippen molar-refractivity contribution in [3.63, 3.8) is 0 Å². The Kier molecular flexibility index (Phi) is 12.1. The summed E-state index contributed by atoms with van der Waals surface area (Å²) in [6.07, 6.45) is -1.81. The molecule has 4 atom stereocenters. The lowest BCUT2D eigenvalue weighted by atomic mass is 9.95. The summed E-state index contributed by atoms with van der Waals surface area (Å²) in [6.45, 7) is 0. The first-order valence-corrected chi connectivity index (χ1v) is 12.7. The van der Waals surface area contributed by atoms with E-state index in [1.165, 1.54) is 12.5 Å². The second-order valence-corrected chi connectivity index (χ2v) is 9.73. The van der Waals surface area contributed by atoms with E-state index in [1.54, 1.807) is 0 Å². The van der Waals surface area contributed by atoms with Gasteiger partial charge >= 0.3 is 47.8 Å². The summed E-state index contributed by atoms with van der Waals surface area (Å²) in [5.41, 5.74) is 5.62. The second kappa shape index (κ2) is 15.3. The van der Waals surface area contributed by atoms with Gasteiger partial charge in [0.15, 0.2) is 5.60 Å². The molecule has 2 aromatic heterocycles. The predicted octanol–water partition coefficient (Wildman–Crippen LogP) is -4.02. The molecule has 46 heavy (non-hydrogen) atoms. The number of hydrogen-bond acceptors (Lipinski definition) is 16. The lowest BCUT2D eigenvalue weighted by Crippen LogP contribution is -2.51. The van der Waals surface area contributed by atoms with Crippen LogP contribution in [-0.4, -0.2) is 116 Å². The molecule has 2 heterocycles. The molecule has 2 unspecified atom stereocenters. The minimum absolute atomic E-state index is 0.119. The first-order chi connectivity index (χ1) is 21.4. The highest BCUT2D eigenvalue weighted by Gasteiger charge is 2.49. The normalized spacial score (nSPS) is 14.8. The van der Waals surface area contributed by atoms with Gasteiger partial charge < -0.3 is 56.3 Å². The van der Waals surface area contributed by atoms with Crippen LogP contribution < -0.4 is 16.3 Å². The van der Waals surface area contributed by atoms with Crippen LogP contribution in [0.3, 0.4) is 0 Å². The maximum absolute atomic E-state index is 12.7. The Bertz CT molecular complexity index is 1490. The highest BCUT2D eigenvalue weighted by molar-refractivity contribution is 5.95. The van der Waals surface area contributed by atoms with Crippen molar-refractivity contribution in [1.29, 1.82) is 0 Å². The number of carboxylic acids is 4. The van der Waals surface area contributed by atoms with E-state index < -0.39 is 103 Å². The molecule has 0 aliphatic heterocycles. The van der Waals surface area contributed by atoms with Crippen molar-refractivity contribution in [2.24, 2.45) is 11.5 Å². The van der Waals surface area contributed by atoms with Crippen LogP contribution in [0.25, 0.3) is 0 Å². The van der Waals surface area contributed by atoms with Crippen LogP contribution in [-0.2, 0) is 60.7 Å². The molecule has 2 rings (SSSR count). The predicted molar refractivity (Wildman–Crippen MR) is 140 cm³/mol. The third kappa shape index (κ3) is 10.5. The number of aliphatic hydroxyl groups is 1. The van der Waals surface area contributed by atoms with Gasteiger partial charge in [-0.25, -0.2) is 29.1 Å². The van der Waals surface area contributed by atoms with Gasteiger partial charge in [0.25, 0.3) is 0 Å². The quantitative estimate of drug-likeness (QED) is 0.0559. The van der Waals surface area contributed by atoms with Crippen molar-refractivity contribution < 1.29 is 78.2 Å². The van der Waals surface area contributed by atoms with Gasteiger partial charge in [0.2, 0.25) is 5.60 Å². The number of aromatic nitrogens is 4. The number of hydrogen-bond donors (Lipinski definition) is 8. The molecule has 0 aliphatic rings. The first kappa shape index (κ1) is 36.5. The number of nitrogens with two attached hydrogens (primary N) is 2. The molecule has 0 saturated heterocycles. The van der Waals surface area contributed by atoms with Gasteiger partial charge in [-0.3, -0.25) is 19.2 Å². The molecule has 22 heteroatoms. The largest absolute Gasteiger partial charge is 0.481 e. The molecular weight excluding hydrogens is 628 g/mol. The van der Waals surface area contributed by atoms with Gasteiger partial charge in [-0.2, -0.15) is 4.73 Å². The van der Waals surface area contributed by atoms with E-state index in [0.29, 0.717) is 10.4 Å². The monoisotopic (exact) mass is 656 g/mol. The molecule has 0 aromatic carbocycles. The van der Waals surface area contributed by atoms with E-state index in [0.717, 1.165) is 12.5 Å². The summed E-state index contributed by atoms with van der Waals surface area (Å²) in [6, 6.07) is -3.18. The number of carbonyl (C=O) groups is 8. The molecule has 0 bridgehead atoms. The van der Waals surface area contributed by atoms with Crippen LogP contribution in [0.4, 0.5) is 0 Å². The van der Waals surface area contributed by atoms with Crippen LogP contribution in [0.15, 0.2) is 25.0 Å². The lowest BCUT2D eigenvalue weighted by molar-refractivity contribution is -0.188. The van der Waals surface area contributed by atoms with E-state index in [4.69, 9.17) is 31.3 Å². The number of H-pyrrole nitrogens is 1. The zero-order valence-corrected chi connectivity index (χ0v) is 23.4. The van der Waals surface area contributed by atoms with Crippen LogP contribution in [0.2, 0.25) is 0 Å². The number of carboxylic acid groups (broad SMARTS) is 4. The number of ether oxygens (including phenoxy) is 2.